The van der Waals surface area contributed by atoms with E-state index in [0.717, 1.165) is 30.7 Å². The Hall–Kier alpha value is -1.55. The summed E-state index contributed by atoms with van der Waals surface area (Å²) < 4.78 is 5.74. The van der Waals surface area contributed by atoms with Gasteiger partial charge in [0.15, 0.2) is 0 Å². The first-order valence-electron chi connectivity index (χ1n) is 7.72. The smallest absolute Gasteiger partial charge is 0.226 e. The normalized spacial score (nSPS) is 22.2. The molecule has 1 aliphatic heterocycles. The van der Waals surface area contributed by atoms with Crippen LogP contribution in [-0.4, -0.2) is 36.0 Å². The summed E-state index contributed by atoms with van der Waals surface area (Å²) >= 11 is 0. The Labute approximate surface area is 127 Å². The Morgan fingerprint density at radius 3 is 2.86 bits per heavy atom. The maximum atomic E-state index is 12.2. The molecule has 2 N–H and O–H groups in total. The number of amides is 1. The number of hydrogen-bond acceptors (Lipinski definition) is 3. The van der Waals surface area contributed by atoms with Crippen molar-refractivity contribution in [2.75, 3.05) is 13.2 Å². The monoisotopic (exact) mass is 290 g/mol. The number of hydrogen-bond donors (Lipinski definition) is 1. The highest BCUT2D eigenvalue weighted by Gasteiger charge is 2.26. The molecule has 2 atom stereocenters. The van der Waals surface area contributed by atoms with Gasteiger partial charge < -0.3 is 15.4 Å². The highest BCUT2D eigenvalue weighted by atomic mass is 16.5. The Balaban J connectivity index is 1.81. The lowest BCUT2D eigenvalue weighted by atomic mass is 9.99. The van der Waals surface area contributed by atoms with Crippen LogP contribution >= 0.6 is 0 Å². The van der Waals surface area contributed by atoms with Crippen molar-refractivity contribution in [3.63, 3.8) is 0 Å². The first-order chi connectivity index (χ1) is 9.97. The van der Waals surface area contributed by atoms with Crippen LogP contribution in [0.5, 0.6) is 5.75 Å². The molecule has 1 heterocycles. The third kappa shape index (κ3) is 4.21. The van der Waals surface area contributed by atoms with E-state index in [-0.39, 0.29) is 18.0 Å². The molecule has 116 valence electrons. The fourth-order valence-electron chi connectivity index (χ4n) is 2.93. The van der Waals surface area contributed by atoms with Gasteiger partial charge in [0.25, 0.3) is 0 Å². The molecule has 1 aromatic carbocycles. The summed E-state index contributed by atoms with van der Waals surface area (Å²) in [5, 5.41) is 0. The van der Waals surface area contributed by atoms with Gasteiger partial charge in [-0.05, 0) is 45.2 Å². The van der Waals surface area contributed by atoms with Gasteiger partial charge in [0.2, 0.25) is 5.91 Å². The van der Waals surface area contributed by atoms with E-state index in [0.29, 0.717) is 13.0 Å². The van der Waals surface area contributed by atoms with Crippen molar-refractivity contribution in [3.05, 3.63) is 29.3 Å². The van der Waals surface area contributed by atoms with E-state index in [2.05, 4.69) is 19.9 Å². The largest absolute Gasteiger partial charge is 0.493 e. The first-order valence-corrected chi connectivity index (χ1v) is 7.72. The number of nitrogens with two attached hydrogens (primary N) is 1. The summed E-state index contributed by atoms with van der Waals surface area (Å²) in [7, 11) is 0. The number of benzene rings is 1. The molecule has 1 fully saturated rings. The summed E-state index contributed by atoms with van der Waals surface area (Å²) in [5.41, 5.74) is 8.26. The molecule has 0 aromatic heterocycles. The van der Waals surface area contributed by atoms with Crippen molar-refractivity contribution in [1.82, 2.24) is 4.90 Å². The maximum Gasteiger partial charge on any atom is 0.226 e. The fourth-order valence-corrected chi connectivity index (χ4v) is 2.93. The van der Waals surface area contributed by atoms with E-state index in [4.69, 9.17) is 10.5 Å². The molecular weight excluding hydrogens is 264 g/mol. The maximum absolute atomic E-state index is 12.2. The predicted molar refractivity (Wildman–Crippen MR) is 84.4 cm³/mol. The number of aryl methyl sites for hydroxylation is 2. The minimum absolute atomic E-state index is 0.166. The number of carbonyl (C=O) groups is 1. The lowest BCUT2D eigenvalue weighted by Crippen LogP contribution is -2.48. The molecule has 0 unspecified atom stereocenters. The standard InChI is InChI=1S/C17H26N2O2/c1-12-4-5-16(13(2)10-12)21-9-7-17(20)19-8-6-15(18)11-14(19)3/h4-5,10,14-15H,6-9,11,18H2,1-3H3/t14-,15+/m1/s1. The Bertz CT molecular complexity index is 502. The molecule has 21 heavy (non-hydrogen) atoms. The molecule has 0 aliphatic carbocycles. The number of rotatable bonds is 4. The van der Waals surface area contributed by atoms with Crippen molar-refractivity contribution in [2.24, 2.45) is 5.73 Å². The molecule has 1 saturated heterocycles. The number of nitrogens with zero attached hydrogens (tertiary/aromatic N) is 1. The molecule has 2 rings (SSSR count). The second-order valence-electron chi connectivity index (χ2n) is 6.09. The average Bonchev–Trinajstić information content (AvgIpc) is 2.41. The van der Waals surface area contributed by atoms with Gasteiger partial charge in [0.05, 0.1) is 13.0 Å². The van der Waals surface area contributed by atoms with E-state index in [1.54, 1.807) is 0 Å². The zero-order valence-corrected chi connectivity index (χ0v) is 13.3. The summed E-state index contributed by atoms with van der Waals surface area (Å²) in [4.78, 5) is 14.2. The molecule has 4 heteroatoms. The van der Waals surface area contributed by atoms with Crippen LogP contribution in [0.4, 0.5) is 0 Å². The molecule has 0 bridgehead atoms. The van der Waals surface area contributed by atoms with E-state index >= 15 is 0 Å². The Kier molecular flexibility index (Phi) is 5.23. The van der Waals surface area contributed by atoms with Crippen molar-refractivity contribution in [3.8, 4) is 5.75 Å². The van der Waals surface area contributed by atoms with E-state index in [9.17, 15) is 4.79 Å². The van der Waals surface area contributed by atoms with Crippen LogP contribution in [-0.2, 0) is 4.79 Å². The second-order valence-corrected chi connectivity index (χ2v) is 6.09. The minimum Gasteiger partial charge on any atom is -0.493 e. The van der Waals surface area contributed by atoms with Gasteiger partial charge in [-0.2, -0.15) is 0 Å². The van der Waals surface area contributed by atoms with Crippen LogP contribution < -0.4 is 10.5 Å². The van der Waals surface area contributed by atoms with E-state index in [1.165, 1.54) is 5.56 Å². The summed E-state index contributed by atoms with van der Waals surface area (Å²) in [6.45, 7) is 7.35. The zero-order valence-electron chi connectivity index (χ0n) is 13.3. The highest BCUT2D eigenvalue weighted by Crippen LogP contribution is 2.20. The number of carbonyl (C=O) groups excluding carboxylic acids is 1. The van der Waals surface area contributed by atoms with Crippen LogP contribution in [0, 0.1) is 13.8 Å². The molecule has 0 radical (unpaired) electrons. The van der Waals surface area contributed by atoms with Crippen LogP contribution in [0.15, 0.2) is 18.2 Å². The number of ether oxygens (including phenoxy) is 1. The van der Waals surface area contributed by atoms with Crippen molar-refractivity contribution in [2.45, 2.75) is 52.1 Å². The molecule has 4 nitrogen and oxygen atoms in total. The Morgan fingerprint density at radius 1 is 1.43 bits per heavy atom. The summed E-state index contributed by atoms with van der Waals surface area (Å²) in [6.07, 6.45) is 2.21. The topological polar surface area (TPSA) is 55.6 Å². The number of piperidine rings is 1. The Morgan fingerprint density at radius 2 is 2.19 bits per heavy atom. The van der Waals surface area contributed by atoms with Crippen molar-refractivity contribution >= 4 is 5.91 Å². The molecule has 0 spiro atoms. The summed E-state index contributed by atoms with van der Waals surface area (Å²) in [6, 6.07) is 6.55. The van der Waals surface area contributed by atoms with Gasteiger partial charge in [-0.25, -0.2) is 0 Å². The SMILES string of the molecule is Cc1ccc(OCCC(=O)N2CC[C@H](N)C[C@H]2C)c(C)c1. The predicted octanol–water partition coefficient (Wildman–Crippen LogP) is 2.41. The van der Waals surface area contributed by atoms with Crippen molar-refractivity contribution in [1.29, 1.82) is 0 Å². The first kappa shape index (κ1) is 15.8. The van der Waals surface area contributed by atoms with Crippen LogP contribution in [0.1, 0.15) is 37.3 Å². The summed E-state index contributed by atoms with van der Waals surface area (Å²) in [5.74, 6) is 1.03. The quantitative estimate of drug-likeness (QED) is 0.926. The van der Waals surface area contributed by atoms with Crippen molar-refractivity contribution < 1.29 is 9.53 Å². The van der Waals surface area contributed by atoms with Gasteiger partial charge in [0.1, 0.15) is 5.75 Å². The van der Waals surface area contributed by atoms with E-state index in [1.807, 2.05) is 24.0 Å². The minimum atomic E-state index is 0.166. The fraction of sp³-hybridized carbons (Fsp3) is 0.588. The molecule has 1 aromatic rings. The van der Waals surface area contributed by atoms with E-state index < -0.39 is 0 Å². The second kappa shape index (κ2) is 6.94. The van der Waals surface area contributed by atoms with Gasteiger partial charge >= 0.3 is 0 Å². The van der Waals surface area contributed by atoms with Crippen LogP contribution in [0.25, 0.3) is 0 Å². The van der Waals surface area contributed by atoms with Gasteiger partial charge in [-0.1, -0.05) is 17.7 Å². The molecule has 1 amide bonds. The average molecular weight is 290 g/mol. The van der Waals surface area contributed by atoms with Gasteiger partial charge in [0, 0.05) is 18.6 Å². The van der Waals surface area contributed by atoms with Crippen LogP contribution in [0.3, 0.4) is 0 Å². The van der Waals surface area contributed by atoms with Gasteiger partial charge in [-0.3, -0.25) is 4.79 Å². The lowest BCUT2D eigenvalue weighted by Gasteiger charge is -2.36. The van der Waals surface area contributed by atoms with Gasteiger partial charge in [-0.15, -0.1) is 0 Å². The zero-order chi connectivity index (χ0) is 15.4. The third-order valence-corrected chi connectivity index (χ3v) is 4.14. The molecule has 1 aliphatic rings. The highest BCUT2D eigenvalue weighted by molar-refractivity contribution is 5.76. The number of likely N-dealkylation sites (tertiary alicyclic amines) is 1. The lowest BCUT2D eigenvalue weighted by molar-refractivity contribution is -0.135. The molecule has 0 saturated carbocycles. The molecular formula is C17H26N2O2. The van der Waals surface area contributed by atoms with Crippen LogP contribution in [0.2, 0.25) is 0 Å². The third-order valence-electron chi connectivity index (χ3n) is 4.14.